The number of amides is 1. The summed E-state index contributed by atoms with van der Waals surface area (Å²) in [7, 11) is 1.57. The molecule has 1 atom stereocenters. The standard InChI is InChI=1S/C15H19N5O2/c1-22-13-7-4-5-11(18-13)9-14(21)20-8-3-2-6-12(20)15-16-10-17-19-15/h4-5,7,10,12H,2-3,6,8-9H2,1H3,(H,16,17,19). The van der Waals surface area contributed by atoms with Gasteiger partial charge in [-0.2, -0.15) is 5.10 Å². The second kappa shape index (κ2) is 6.55. The molecule has 0 bridgehead atoms. The van der Waals surface area contributed by atoms with Gasteiger partial charge in [-0.05, 0) is 25.3 Å². The molecule has 116 valence electrons. The summed E-state index contributed by atoms with van der Waals surface area (Å²) < 4.78 is 5.10. The van der Waals surface area contributed by atoms with Gasteiger partial charge in [-0.25, -0.2) is 9.97 Å². The van der Waals surface area contributed by atoms with E-state index in [0.717, 1.165) is 31.6 Å². The highest BCUT2D eigenvalue weighted by Crippen LogP contribution is 2.29. The number of aromatic amines is 1. The van der Waals surface area contributed by atoms with Crippen LogP contribution >= 0.6 is 0 Å². The summed E-state index contributed by atoms with van der Waals surface area (Å²) in [5, 5.41) is 6.78. The van der Waals surface area contributed by atoms with Crippen molar-refractivity contribution < 1.29 is 9.53 Å². The Morgan fingerprint density at radius 2 is 2.36 bits per heavy atom. The number of carbonyl (C=O) groups excluding carboxylic acids is 1. The number of H-pyrrole nitrogens is 1. The van der Waals surface area contributed by atoms with Crippen molar-refractivity contribution in [2.75, 3.05) is 13.7 Å². The molecule has 1 saturated heterocycles. The van der Waals surface area contributed by atoms with E-state index in [1.165, 1.54) is 6.33 Å². The van der Waals surface area contributed by atoms with Crippen LogP contribution in [0.3, 0.4) is 0 Å². The summed E-state index contributed by atoms with van der Waals surface area (Å²) in [5.74, 6) is 1.34. The topological polar surface area (TPSA) is 84.0 Å². The number of hydrogen-bond acceptors (Lipinski definition) is 5. The van der Waals surface area contributed by atoms with Gasteiger partial charge in [-0.3, -0.25) is 9.89 Å². The normalized spacial score (nSPS) is 18.2. The second-order valence-electron chi connectivity index (χ2n) is 5.32. The maximum atomic E-state index is 12.7. The van der Waals surface area contributed by atoms with E-state index in [2.05, 4.69) is 20.2 Å². The largest absolute Gasteiger partial charge is 0.481 e. The lowest BCUT2D eigenvalue weighted by atomic mass is 10.0. The second-order valence-corrected chi connectivity index (χ2v) is 5.32. The van der Waals surface area contributed by atoms with Crippen molar-refractivity contribution in [1.29, 1.82) is 0 Å². The lowest BCUT2D eigenvalue weighted by Crippen LogP contribution is -2.40. The highest BCUT2D eigenvalue weighted by atomic mass is 16.5. The summed E-state index contributed by atoms with van der Waals surface area (Å²) in [6.07, 6.45) is 4.76. The molecule has 1 aliphatic heterocycles. The predicted molar refractivity (Wildman–Crippen MR) is 79.2 cm³/mol. The van der Waals surface area contributed by atoms with Gasteiger partial charge in [0, 0.05) is 12.6 Å². The van der Waals surface area contributed by atoms with E-state index in [4.69, 9.17) is 4.74 Å². The summed E-state index contributed by atoms with van der Waals surface area (Å²) in [4.78, 5) is 23.1. The molecule has 1 N–H and O–H groups in total. The van der Waals surface area contributed by atoms with Crippen LogP contribution in [0.15, 0.2) is 24.5 Å². The van der Waals surface area contributed by atoms with Gasteiger partial charge in [0.1, 0.15) is 12.2 Å². The molecule has 22 heavy (non-hydrogen) atoms. The molecule has 2 aromatic heterocycles. The van der Waals surface area contributed by atoms with Crippen molar-refractivity contribution in [2.24, 2.45) is 0 Å². The number of hydrogen-bond donors (Lipinski definition) is 1. The van der Waals surface area contributed by atoms with Gasteiger partial charge in [0.25, 0.3) is 0 Å². The number of carbonyl (C=O) groups is 1. The van der Waals surface area contributed by atoms with Crippen LogP contribution < -0.4 is 4.74 Å². The first kappa shape index (κ1) is 14.5. The highest BCUT2D eigenvalue weighted by molar-refractivity contribution is 5.78. The molecular formula is C15H19N5O2. The Morgan fingerprint density at radius 3 is 3.14 bits per heavy atom. The molecule has 1 aliphatic rings. The first-order valence-corrected chi connectivity index (χ1v) is 7.42. The Morgan fingerprint density at radius 1 is 1.45 bits per heavy atom. The smallest absolute Gasteiger partial charge is 0.229 e. The minimum atomic E-state index is -0.0191. The molecule has 2 aromatic rings. The number of rotatable bonds is 4. The van der Waals surface area contributed by atoms with Crippen molar-refractivity contribution in [2.45, 2.75) is 31.7 Å². The van der Waals surface area contributed by atoms with Gasteiger partial charge in [0.05, 0.1) is 25.3 Å². The lowest BCUT2D eigenvalue weighted by molar-refractivity contribution is -0.134. The third kappa shape index (κ3) is 3.08. The van der Waals surface area contributed by atoms with E-state index < -0.39 is 0 Å². The van der Waals surface area contributed by atoms with Crippen LogP contribution in [0, 0.1) is 0 Å². The third-order valence-electron chi connectivity index (χ3n) is 3.90. The van der Waals surface area contributed by atoms with Crippen LogP contribution in [0.5, 0.6) is 5.88 Å². The Bertz CT molecular complexity index is 629. The third-order valence-corrected chi connectivity index (χ3v) is 3.90. The molecular weight excluding hydrogens is 282 g/mol. The van der Waals surface area contributed by atoms with E-state index >= 15 is 0 Å². The monoisotopic (exact) mass is 301 g/mol. The number of pyridine rings is 1. The van der Waals surface area contributed by atoms with Crippen LogP contribution in [0.25, 0.3) is 0 Å². The van der Waals surface area contributed by atoms with Gasteiger partial charge < -0.3 is 9.64 Å². The quantitative estimate of drug-likeness (QED) is 0.925. The van der Waals surface area contributed by atoms with E-state index in [-0.39, 0.29) is 18.4 Å². The maximum absolute atomic E-state index is 12.7. The number of nitrogens with zero attached hydrogens (tertiary/aromatic N) is 4. The van der Waals surface area contributed by atoms with Gasteiger partial charge in [-0.1, -0.05) is 6.07 Å². The molecule has 3 heterocycles. The molecule has 0 saturated carbocycles. The fraction of sp³-hybridized carbons (Fsp3) is 0.467. The average Bonchev–Trinajstić information content (AvgIpc) is 3.09. The summed E-state index contributed by atoms with van der Waals surface area (Å²) >= 11 is 0. The number of methoxy groups -OCH3 is 1. The molecule has 7 heteroatoms. The minimum absolute atomic E-state index is 0.0191. The first-order valence-electron chi connectivity index (χ1n) is 7.42. The highest BCUT2D eigenvalue weighted by Gasteiger charge is 2.29. The zero-order valence-corrected chi connectivity index (χ0v) is 12.5. The van der Waals surface area contributed by atoms with Crippen molar-refractivity contribution in [3.05, 3.63) is 36.0 Å². The Labute approximate surface area is 128 Å². The van der Waals surface area contributed by atoms with Crippen molar-refractivity contribution >= 4 is 5.91 Å². The molecule has 0 aliphatic carbocycles. The molecule has 1 amide bonds. The number of piperidine rings is 1. The molecule has 3 rings (SSSR count). The van der Waals surface area contributed by atoms with Gasteiger partial charge in [0.15, 0.2) is 0 Å². The van der Waals surface area contributed by atoms with Crippen LogP contribution in [-0.4, -0.2) is 44.6 Å². The molecule has 7 nitrogen and oxygen atoms in total. The fourth-order valence-electron chi connectivity index (χ4n) is 2.82. The number of nitrogens with one attached hydrogen (secondary N) is 1. The predicted octanol–water partition coefficient (Wildman–Crippen LogP) is 1.50. The molecule has 0 radical (unpaired) electrons. The van der Waals surface area contributed by atoms with E-state index in [0.29, 0.717) is 11.6 Å². The zero-order chi connectivity index (χ0) is 15.4. The summed E-state index contributed by atoms with van der Waals surface area (Å²) in [5.41, 5.74) is 0.714. The molecule has 0 aromatic carbocycles. The van der Waals surface area contributed by atoms with Gasteiger partial charge in [-0.15, -0.1) is 0 Å². The van der Waals surface area contributed by atoms with Crippen LogP contribution in [0.1, 0.15) is 36.8 Å². The van der Waals surface area contributed by atoms with E-state index in [9.17, 15) is 4.79 Å². The minimum Gasteiger partial charge on any atom is -0.481 e. The Kier molecular flexibility index (Phi) is 4.32. The van der Waals surface area contributed by atoms with Crippen LogP contribution in [0.4, 0.5) is 0 Å². The van der Waals surface area contributed by atoms with Crippen LogP contribution in [-0.2, 0) is 11.2 Å². The van der Waals surface area contributed by atoms with Crippen molar-refractivity contribution in [3.63, 3.8) is 0 Å². The molecule has 0 spiro atoms. The van der Waals surface area contributed by atoms with E-state index in [1.807, 2.05) is 17.0 Å². The first-order chi connectivity index (χ1) is 10.8. The average molecular weight is 301 g/mol. The number of likely N-dealkylation sites (tertiary alicyclic amines) is 1. The summed E-state index contributed by atoms with van der Waals surface area (Å²) in [6, 6.07) is 5.44. The van der Waals surface area contributed by atoms with E-state index in [1.54, 1.807) is 13.2 Å². The fourth-order valence-corrected chi connectivity index (χ4v) is 2.82. The summed E-state index contributed by atoms with van der Waals surface area (Å²) in [6.45, 7) is 0.744. The van der Waals surface area contributed by atoms with Crippen molar-refractivity contribution in [3.8, 4) is 5.88 Å². The SMILES string of the molecule is COc1cccc(CC(=O)N2CCCCC2c2ncn[nH]2)n1. The number of aromatic nitrogens is 4. The molecule has 1 unspecified atom stereocenters. The number of ether oxygens (including phenoxy) is 1. The maximum Gasteiger partial charge on any atom is 0.229 e. The van der Waals surface area contributed by atoms with Gasteiger partial charge >= 0.3 is 0 Å². The Hall–Kier alpha value is -2.44. The molecule has 1 fully saturated rings. The van der Waals surface area contributed by atoms with Crippen molar-refractivity contribution in [1.82, 2.24) is 25.1 Å². The van der Waals surface area contributed by atoms with Crippen LogP contribution in [0.2, 0.25) is 0 Å². The lowest BCUT2D eigenvalue weighted by Gasteiger charge is -2.34. The van der Waals surface area contributed by atoms with Gasteiger partial charge in [0.2, 0.25) is 11.8 Å². The Balaban J connectivity index is 1.74. The zero-order valence-electron chi connectivity index (χ0n) is 12.5.